The van der Waals surface area contributed by atoms with Crippen molar-refractivity contribution >= 4 is 28.4 Å². The summed E-state index contributed by atoms with van der Waals surface area (Å²) in [6.07, 6.45) is 5.80. The summed E-state index contributed by atoms with van der Waals surface area (Å²) in [5.74, 6) is 2.21. The molecule has 3 aromatic rings. The van der Waals surface area contributed by atoms with Crippen LogP contribution in [-0.2, 0) is 0 Å². The molecule has 2 aromatic heterocycles. The summed E-state index contributed by atoms with van der Waals surface area (Å²) in [6, 6.07) is 7.42. The Balaban J connectivity index is 1.53. The number of nitrogens with one attached hydrogen (secondary N) is 3. The van der Waals surface area contributed by atoms with Crippen molar-refractivity contribution in [3.05, 3.63) is 40.8 Å². The first-order valence-corrected chi connectivity index (χ1v) is 9.75. The largest absolute Gasteiger partial charge is 0.454 e. The van der Waals surface area contributed by atoms with Gasteiger partial charge in [0.1, 0.15) is 11.2 Å². The van der Waals surface area contributed by atoms with Crippen molar-refractivity contribution in [1.82, 2.24) is 15.0 Å². The molecule has 0 spiro atoms. The molecule has 2 aliphatic rings. The van der Waals surface area contributed by atoms with Crippen molar-refractivity contribution in [1.29, 1.82) is 0 Å². The molecule has 1 unspecified atom stereocenters. The number of rotatable bonds is 4. The van der Waals surface area contributed by atoms with Crippen molar-refractivity contribution in [3.8, 4) is 11.5 Å². The van der Waals surface area contributed by atoms with E-state index in [4.69, 9.17) is 15.2 Å². The first-order chi connectivity index (χ1) is 14.2. The van der Waals surface area contributed by atoms with Crippen molar-refractivity contribution in [2.75, 3.05) is 17.4 Å². The highest BCUT2D eigenvalue weighted by Gasteiger charge is 2.23. The summed E-state index contributed by atoms with van der Waals surface area (Å²) >= 11 is 0. The SMILES string of the molecule is N[C@@H]1CCCCC1Nc1nc(Nc2ccc3c(c2)OCO3)c2c(=O)[nH]ccc2n1. The minimum atomic E-state index is -0.258. The van der Waals surface area contributed by atoms with Crippen LogP contribution in [0.5, 0.6) is 11.5 Å². The van der Waals surface area contributed by atoms with E-state index >= 15 is 0 Å². The number of H-pyrrole nitrogens is 1. The molecular weight excluding hydrogens is 372 g/mol. The van der Waals surface area contributed by atoms with Gasteiger partial charge in [-0.1, -0.05) is 12.8 Å². The number of anilines is 3. The molecule has 1 aliphatic carbocycles. The number of hydrogen-bond donors (Lipinski definition) is 4. The third kappa shape index (κ3) is 3.44. The molecule has 9 nitrogen and oxygen atoms in total. The number of hydrogen-bond acceptors (Lipinski definition) is 8. The molecule has 0 radical (unpaired) electrons. The molecule has 1 aliphatic heterocycles. The number of nitrogens with two attached hydrogens (primary N) is 1. The van der Waals surface area contributed by atoms with Gasteiger partial charge >= 0.3 is 0 Å². The van der Waals surface area contributed by atoms with Gasteiger partial charge in [-0.15, -0.1) is 0 Å². The van der Waals surface area contributed by atoms with Gasteiger partial charge in [-0.05, 0) is 31.0 Å². The normalized spacial score (nSPS) is 20.6. The van der Waals surface area contributed by atoms with Gasteiger partial charge in [-0.2, -0.15) is 4.98 Å². The van der Waals surface area contributed by atoms with Crippen LogP contribution in [0.15, 0.2) is 35.3 Å². The average molecular weight is 394 g/mol. The summed E-state index contributed by atoms with van der Waals surface area (Å²) in [5.41, 5.74) is 7.29. The quantitative estimate of drug-likeness (QED) is 0.531. The molecule has 9 heteroatoms. The fourth-order valence-corrected chi connectivity index (χ4v) is 3.86. The zero-order chi connectivity index (χ0) is 19.8. The molecule has 0 saturated heterocycles. The van der Waals surface area contributed by atoms with Gasteiger partial charge in [0.25, 0.3) is 5.56 Å². The number of benzene rings is 1. The lowest BCUT2D eigenvalue weighted by atomic mass is 9.91. The first-order valence-electron chi connectivity index (χ1n) is 9.75. The third-order valence-corrected chi connectivity index (χ3v) is 5.39. The van der Waals surface area contributed by atoms with E-state index < -0.39 is 0 Å². The van der Waals surface area contributed by atoms with Crippen LogP contribution in [0.25, 0.3) is 10.9 Å². The summed E-state index contributed by atoms with van der Waals surface area (Å²) in [5, 5.41) is 6.99. The molecule has 0 amide bonds. The van der Waals surface area contributed by atoms with E-state index in [0.717, 1.165) is 31.4 Å². The monoisotopic (exact) mass is 394 g/mol. The van der Waals surface area contributed by atoms with E-state index in [1.807, 2.05) is 18.2 Å². The number of pyridine rings is 1. The number of nitrogens with zero attached hydrogens (tertiary/aromatic N) is 2. The minimum Gasteiger partial charge on any atom is -0.454 e. The second-order valence-electron chi connectivity index (χ2n) is 7.36. The Morgan fingerprint density at radius 3 is 2.86 bits per heavy atom. The van der Waals surface area contributed by atoms with E-state index in [1.165, 1.54) is 0 Å². The van der Waals surface area contributed by atoms with Crippen LogP contribution < -0.4 is 31.4 Å². The van der Waals surface area contributed by atoms with Gasteiger partial charge < -0.3 is 30.8 Å². The molecule has 5 rings (SSSR count). The molecule has 1 fully saturated rings. The maximum atomic E-state index is 12.5. The number of ether oxygens (including phenoxy) is 2. The van der Waals surface area contributed by atoms with E-state index in [1.54, 1.807) is 12.3 Å². The van der Waals surface area contributed by atoms with Gasteiger partial charge in [0.15, 0.2) is 11.5 Å². The van der Waals surface area contributed by atoms with Crippen LogP contribution in [0.4, 0.5) is 17.5 Å². The fraction of sp³-hybridized carbons (Fsp3) is 0.350. The summed E-state index contributed by atoms with van der Waals surface area (Å²) < 4.78 is 10.8. The molecule has 29 heavy (non-hydrogen) atoms. The van der Waals surface area contributed by atoms with Crippen molar-refractivity contribution < 1.29 is 9.47 Å². The van der Waals surface area contributed by atoms with E-state index in [2.05, 4.69) is 25.6 Å². The van der Waals surface area contributed by atoms with Crippen LogP contribution in [0.1, 0.15) is 25.7 Å². The lowest BCUT2D eigenvalue weighted by Crippen LogP contribution is -2.43. The van der Waals surface area contributed by atoms with Gasteiger partial charge in [0.05, 0.1) is 5.52 Å². The summed E-state index contributed by atoms with van der Waals surface area (Å²) in [4.78, 5) is 24.3. The van der Waals surface area contributed by atoms with Gasteiger partial charge in [-0.3, -0.25) is 4.79 Å². The van der Waals surface area contributed by atoms with E-state index in [-0.39, 0.29) is 24.4 Å². The Kier molecular flexibility index (Phi) is 4.44. The fourth-order valence-electron chi connectivity index (χ4n) is 3.86. The average Bonchev–Trinajstić information content (AvgIpc) is 3.17. The molecule has 3 heterocycles. The van der Waals surface area contributed by atoms with Gasteiger partial charge in [-0.25, -0.2) is 4.98 Å². The second kappa shape index (κ2) is 7.25. The Labute approximate surface area is 166 Å². The molecule has 5 N–H and O–H groups in total. The maximum Gasteiger partial charge on any atom is 0.261 e. The smallest absolute Gasteiger partial charge is 0.261 e. The van der Waals surface area contributed by atoms with Crippen LogP contribution in [0.3, 0.4) is 0 Å². The highest BCUT2D eigenvalue weighted by Crippen LogP contribution is 2.35. The highest BCUT2D eigenvalue weighted by molar-refractivity contribution is 5.91. The van der Waals surface area contributed by atoms with Crippen LogP contribution in [-0.4, -0.2) is 33.8 Å². The van der Waals surface area contributed by atoms with Crippen molar-refractivity contribution in [3.63, 3.8) is 0 Å². The lowest BCUT2D eigenvalue weighted by Gasteiger charge is -2.29. The van der Waals surface area contributed by atoms with Crippen molar-refractivity contribution in [2.24, 2.45) is 5.73 Å². The van der Waals surface area contributed by atoms with Crippen LogP contribution >= 0.6 is 0 Å². The lowest BCUT2D eigenvalue weighted by molar-refractivity contribution is 0.174. The van der Waals surface area contributed by atoms with Gasteiger partial charge in [0, 0.05) is 30.0 Å². The molecule has 0 bridgehead atoms. The minimum absolute atomic E-state index is 0.0625. The summed E-state index contributed by atoms with van der Waals surface area (Å²) in [7, 11) is 0. The molecular formula is C20H22N6O3. The number of fused-ring (bicyclic) bond motifs is 2. The number of aromatic amines is 1. The van der Waals surface area contributed by atoms with Crippen LogP contribution in [0.2, 0.25) is 0 Å². The number of aromatic nitrogens is 3. The predicted octanol–water partition coefficient (Wildman–Crippen LogP) is 2.47. The molecule has 1 saturated carbocycles. The first kappa shape index (κ1) is 17.7. The zero-order valence-corrected chi connectivity index (χ0v) is 15.8. The Morgan fingerprint density at radius 1 is 1.10 bits per heavy atom. The van der Waals surface area contributed by atoms with Gasteiger partial charge in [0.2, 0.25) is 12.7 Å². The maximum absolute atomic E-state index is 12.5. The van der Waals surface area contributed by atoms with E-state index in [9.17, 15) is 4.79 Å². The highest BCUT2D eigenvalue weighted by atomic mass is 16.7. The predicted molar refractivity (Wildman–Crippen MR) is 110 cm³/mol. The second-order valence-corrected chi connectivity index (χ2v) is 7.36. The topological polar surface area (TPSA) is 127 Å². The van der Waals surface area contributed by atoms with Crippen LogP contribution in [0, 0.1) is 0 Å². The Bertz CT molecular complexity index is 1120. The third-order valence-electron chi connectivity index (χ3n) is 5.39. The zero-order valence-electron chi connectivity index (χ0n) is 15.8. The molecule has 150 valence electrons. The molecule has 2 atom stereocenters. The summed E-state index contributed by atoms with van der Waals surface area (Å²) in [6.45, 7) is 0.199. The standard InChI is InChI=1S/C20H22N6O3/c21-12-3-1-2-4-13(12)24-20-25-14-7-8-22-19(27)17(14)18(26-20)23-11-5-6-15-16(9-11)29-10-28-15/h5-9,12-13H,1-4,10,21H2,(H,22,27)(H2,23,24,25,26)/t12-,13?/m1/s1. The Hall–Kier alpha value is -3.33. The Morgan fingerprint density at radius 2 is 1.97 bits per heavy atom. The van der Waals surface area contributed by atoms with E-state index in [0.29, 0.717) is 34.2 Å². The van der Waals surface area contributed by atoms with Crippen molar-refractivity contribution in [2.45, 2.75) is 37.8 Å². The molecule has 1 aromatic carbocycles.